The highest BCUT2D eigenvalue weighted by Crippen LogP contribution is 2.38. The van der Waals surface area contributed by atoms with Gasteiger partial charge in [-0.25, -0.2) is 8.42 Å². The molecule has 0 fully saturated rings. The molecule has 74 valence electrons. The molecule has 0 heterocycles. The van der Waals surface area contributed by atoms with Crippen molar-refractivity contribution >= 4 is 10.1 Å². The molecule has 0 aromatic carbocycles. The number of hydrogen-bond acceptors (Lipinski definition) is 3. The first kappa shape index (κ1) is 11.9. The predicted octanol–water partition coefficient (Wildman–Crippen LogP) is 1.86. The SMILES string of the molecule is CCC(C)(C)C(C)(C)S(=O)(=O)[O-].[3H+]. The normalized spacial score (nSPS) is 14.8. The van der Waals surface area contributed by atoms with Gasteiger partial charge in [0.25, 0.3) is 0 Å². The molecule has 0 radical (unpaired) electrons. The molecule has 0 spiro atoms. The Labute approximate surface area is 76.4 Å². The van der Waals surface area contributed by atoms with Crippen molar-refractivity contribution in [2.75, 3.05) is 0 Å². The van der Waals surface area contributed by atoms with E-state index in [1.807, 2.05) is 6.92 Å². The van der Waals surface area contributed by atoms with Gasteiger partial charge in [-0.05, 0) is 25.7 Å². The van der Waals surface area contributed by atoms with Crippen LogP contribution in [-0.4, -0.2) is 17.7 Å². The first-order chi connectivity index (χ1) is 5.06. The van der Waals surface area contributed by atoms with E-state index >= 15 is 0 Å². The fourth-order valence-electron chi connectivity index (χ4n) is 0.764. The number of hydrogen-bond donors (Lipinski definition) is 0. The summed E-state index contributed by atoms with van der Waals surface area (Å²) in [4.78, 5) is 0. The second-order valence-electron chi connectivity index (χ2n) is 4.20. The van der Waals surface area contributed by atoms with Crippen LogP contribution in [0.5, 0.6) is 0 Å². The lowest BCUT2D eigenvalue weighted by molar-refractivity contribution is 0.241. The maximum absolute atomic E-state index is 10.9. The van der Waals surface area contributed by atoms with E-state index in [0.717, 1.165) is 0 Å². The van der Waals surface area contributed by atoms with Gasteiger partial charge in [-0.15, -0.1) is 0 Å². The van der Waals surface area contributed by atoms with Crippen LogP contribution < -0.4 is 0 Å². The second-order valence-corrected chi connectivity index (χ2v) is 6.13. The maximum Gasteiger partial charge on any atom is 1.00 e. The van der Waals surface area contributed by atoms with E-state index in [4.69, 9.17) is 0 Å². The summed E-state index contributed by atoms with van der Waals surface area (Å²) in [6.45, 7) is 8.44. The second kappa shape index (κ2) is 3.00. The van der Waals surface area contributed by atoms with Gasteiger partial charge >= 0.3 is 1.43 Å². The minimum atomic E-state index is -4.22. The summed E-state index contributed by atoms with van der Waals surface area (Å²) >= 11 is 0. The van der Waals surface area contributed by atoms with Crippen LogP contribution >= 0.6 is 0 Å². The molecule has 0 aromatic heterocycles. The molecule has 0 aliphatic carbocycles. The number of rotatable bonds is 3. The molecule has 0 atom stereocenters. The van der Waals surface area contributed by atoms with Crippen molar-refractivity contribution in [1.29, 1.82) is 0 Å². The van der Waals surface area contributed by atoms with Gasteiger partial charge < -0.3 is 4.55 Å². The Morgan fingerprint density at radius 2 is 1.58 bits per heavy atom. The third-order valence-electron chi connectivity index (χ3n) is 3.14. The summed E-state index contributed by atoms with van der Waals surface area (Å²) in [5.74, 6) is 0. The molecule has 0 aromatic rings. The van der Waals surface area contributed by atoms with Gasteiger partial charge in [0.1, 0.15) is 10.1 Å². The minimum absolute atomic E-state index is 0. The molecule has 0 aliphatic heterocycles. The van der Waals surface area contributed by atoms with Crippen molar-refractivity contribution in [1.82, 2.24) is 0 Å². The summed E-state index contributed by atoms with van der Waals surface area (Å²) in [7, 11) is -4.22. The van der Waals surface area contributed by atoms with E-state index in [1.165, 1.54) is 13.8 Å². The molecule has 12 heavy (non-hydrogen) atoms. The Balaban J connectivity index is 0. The molecule has 0 aliphatic rings. The summed E-state index contributed by atoms with van der Waals surface area (Å²) in [5.41, 5.74) is -0.479. The molecule has 0 unspecified atom stereocenters. The molecule has 0 saturated heterocycles. The van der Waals surface area contributed by atoms with Crippen LogP contribution in [0.15, 0.2) is 0 Å². The monoisotopic (exact) mass is 196 g/mol. The topological polar surface area (TPSA) is 57.2 Å². The highest BCUT2D eigenvalue weighted by molar-refractivity contribution is 7.87. The van der Waals surface area contributed by atoms with Gasteiger partial charge in [-0.2, -0.15) is 0 Å². The molecule has 0 bridgehead atoms. The van der Waals surface area contributed by atoms with Crippen LogP contribution in [0.4, 0.5) is 0 Å². The third kappa shape index (κ3) is 1.80. The first-order valence-corrected chi connectivity index (χ1v) is 5.42. The average molecular weight is 196 g/mol. The highest BCUT2D eigenvalue weighted by atomic mass is 32.2. The molecule has 0 N–H and O–H groups in total. The van der Waals surface area contributed by atoms with Gasteiger partial charge in [0.05, 0.1) is 4.75 Å². The van der Waals surface area contributed by atoms with Crippen LogP contribution in [0.3, 0.4) is 0 Å². The zero-order valence-electron chi connectivity index (χ0n) is 9.34. The summed E-state index contributed by atoms with van der Waals surface area (Å²) in [6.07, 6.45) is 0.668. The predicted molar refractivity (Wildman–Crippen MR) is 49.0 cm³/mol. The third-order valence-corrected chi connectivity index (χ3v) is 4.94. The van der Waals surface area contributed by atoms with Gasteiger partial charge in [0, 0.05) is 0 Å². The Morgan fingerprint density at radius 3 is 1.67 bits per heavy atom. The fraction of sp³-hybridized carbons (Fsp3) is 1.00. The van der Waals surface area contributed by atoms with Crippen molar-refractivity contribution in [2.45, 2.75) is 45.8 Å². The highest BCUT2D eigenvalue weighted by Gasteiger charge is 2.40. The average Bonchev–Trinajstić information content (AvgIpc) is 1.85. The summed E-state index contributed by atoms with van der Waals surface area (Å²) in [6, 6.07) is 0. The lowest BCUT2D eigenvalue weighted by Gasteiger charge is -2.42. The van der Waals surface area contributed by atoms with Gasteiger partial charge in [0.2, 0.25) is 0 Å². The molecular formula is C8H18O3S. The Kier molecular flexibility index (Phi) is 2.97. The van der Waals surface area contributed by atoms with E-state index in [2.05, 4.69) is 0 Å². The zero-order valence-corrected chi connectivity index (χ0v) is 9.16. The van der Waals surface area contributed by atoms with Gasteiger partial charge in [-0.3, -0.25) is 0 Å². The van der Waals surface area contributed by atoms with Crippen LogP contribution in [-0.2, 0) is 10.1 Å². The lowest BCUT2D eigenvalue weighted by atomic mass is 9.78. The molecular weight excluding hydrogens is 176 g/mol. The lowest BCUT2D eigenvalue weighted by Crippen LogP contribution is -2.45. The molecule has 0 saturated carbocycles. The fourth-order valence-corrected chi connectivity index (χ4v) is 1.59. The smallest absolute Gasteiger partial charge is 0.748 e. The zero-order chi connectivity index (χ0) is 10.2. The van der Waals surface area contributed by atoms with Crippen LogP contribution in [0.25, 0.3) is 0 Å². The van der Waals surface area contributed by atoms with Gasteiger partial charge in [-0.1, -0.05) is 20.8 Å². The van der Waals surface area contributed by atoms with E-state index in [9.17, 15) is 13.0 Å². The van der Waals surface area contributed by atoms with Crippen molar-refractivity contribution in [2.24, 2.45) is 5.41 Å². The molecule has 3 nitrogen and oxygen atoms in total. The molecule has 0 rings (SSSR count). The first-order valence-electron chi connectivity index (χ1n) is 4.01. The summed E-state index contributed by atoms with van der Waals surface area (Å²) < 4.78 is 31.5. The summed E-state index contributed by atoms with van der Waals surface area (Å²) in [5, 5.41) is 0. The Hall–Kier alpha value is -0.0900. The van der Waals surface area contributed by atoms with Gasteiger partial charge in [0.15, 0.2) is 0 Å². The largest absolute Gasteiger partial charge is 1.00 e. The molecule has 0 amide bonds. The van der Waals surface area contributed by atoms with Crippen molar-refractivity contribution in [3.05, 3.63) is 0 Å². The van der Waals surface area contributed by atoms with E-state index in [0.29, 0.717) is 6.42 Å². The Bertz CT molecular complexity index is 255. The quantitative estimate of drug-likeness (QED) is 0.647. The Morgan fingerprint density at radius 1 is 1.25 bits per heavy atom. The van der Waals surface area contributed by atoms with E-state index in [1.54, 1.807) is 13.8 Å². The van der Waals surface area contributed by atoms with Crippen LogP contribution in [0.1, 0.15) is 42.5 Å². The molecule has 4 heteroatoms. The van der Waals surface area contributed by atoms with Crippen LogP contribution in [0.2, 0.25) is 0 Å². The standard InChI is InChI=1S/C8H18O3S/c1-6-7(2,3)8(4,5)12(9,10)11/h6H2,1-5H3,(H,9,10,11)/i/hT. The maximum atomic E-state index is 10.9. The minimum Gasteiger partial charge on any atom is -0.748 e. The van der Waals surface area contributed by atoms with Crippen molar-refractivity contribution < 1.29 is 14.4 Å². The van der Waals surface area contributed by atoms with Crippen molar-refractivity contribution in [3.63, 3.8) is 0 Å². The van der Waals surface area contributed by atoms with E-state index in [-0.39, 0.29) is 1.43 Å². The van der Waals surface area contributed by atoms with E-state index < -0.39 is 20.3 Å². The van der Waals surface area contributed by atoms with Crippen molar-refractivity contribution in [3.8, 4) is 0 Å². The van der Waals surface area contributed by atoms with Crippen LogP contribution in [0, 0.1) is 5.41 Å².